The summed E-state index contributed by atoms with van der Waals surface area (Å²) in [4.78, 5) is 0. The molecule has 11 heavy (non-hydrogen) atoms. The van der Waals surface area contributed by atoms with Crippen molar-refractivity contribution in [3.8, 4) is 0 Å². The molecule has 0 heterocycles. The van der Waals surface area contributed by atoms with Crippen LogP contribution >= 0.6 is 0 Å². The van der Waals surface area contributed by atoms with Crippen LogP contribution in [-0.2, 0) is 6.42 Å². The molecule has 0 aliphatic heterocycles. The quantitative estimate of drug-likeness (QED) is 0.687. The van der Waals surface area contributed by atoms with Crippen LogP contribution in [0.2, 0.25) is 0 Å². The zero-order chi connectivity index (χ0) is 8.27. The average Bonchev–Trinajstić information content (AvgIpc) is 1.93. The fraction of sp³-hybridized carbons (Fsp3) is 0.333. The fourth-order valence-corrected chi connectivity index (χ4v) is 1.01. The highest BCUT2D eigenvalue weighted by atomic mass is 19.1. The van der Waals surface area contributed by atoms with Crippen LogP contribution in [-0.4, -0.2) is 6.04 Å². The Morgan fingerprint density at radius 3 is 2.64 bits per heavy atom. The molecule has 0 saturated heterocycles. The van der Waals surface area contributed by atoms with Gasteiger partial charge in [-0.05, 0) is 25.0 Å². The van der Waals surface area contributed by atoms with E-state index in [0.717, 1.165) is 0 Å². The Morgan fingerprint density at radius 1 is 1.45 bits per heavy atom. The van der Waals surface area contributed by atoms with Crippen molar-refractivity contribution in [3.05, 3.63) is 35.6 Å². The molecule has 0 bridgehead atoms. The Balaban J connectivity index is 2.78. The first-order valence-corrected chi connectivity index (χ1v) is 3.69. The van der Waals surface area contributed by atoms with Crippen molar-refractivity contribution < 1.29 is 4.39 Å². The molecule has 60 valence electrons. The van der Waals surface area contributed by atoms with E-state index in [1.807, 2.05) is 13.0 Å². The molecule has 0 aliphatic carbocycles. The Kier molecular flexibility index (Phi) is 2.60. The zero-order valence-corrected chi connectivity index (χ0v) is 6.55. The average molecular weight is 153 g/mol. The maximum atomic E-state index is 12.9. The lowest BCUT2D eigenvalue weighted by Crippen LogP contribution is -2.18. The van der Waals surface area contributed by atoms with E-state index in [1.165, 1.54) is 6.07 Å². The van der Waals surface area contributed by atoms with Gasteiger partial charge in [-0.15, -0.1) is 0 Å². The molecular weight excluding hydrogens is 141 g/mol. The predicted octanol–water partition coefficient (Wildman–Crippen LogP) is 1.72. The Hall–Kier alpha value is -0.890. The largest absolute Gasteiger partial charge is 0.328 e. The summed E-state index contributed by atoms with van der Waals surface area (Å²) in [5.74, 6) is -0.162. The summed E-state index contributed by atoms with van der Waals surface area (Å²) in [5.41, 5.74) is 6.22. The summed E-state index contributed by atoms with van der Waals surface area (Å²) < 4.78 is 12.9. The highest BCUT2D eigenvalue weighted by Gasteiger charge is 2.01. The van der Waals surface area contributed by atoms with Crippen molar-refractivity contribution in [2.75, 3.05) is 0 Å². The molecule has 0 amide bonds. The summed E-state index contributed by atoms with van der Waals surface area (Å²) >= 11 is 0. The van der Waals surface area contributed by atoms with Crippen molar-refractivity contribution >= 4 is 0 Å². The van der Waals surface area contributed by atoms with Gasteiger partial charge in [-0.1, -0.05) is 18.2 Å². The van der Waals surface area contributed by atoms with E-state index in [9.17, 15) is 4.39 Å². The van der Waals surface area contributed by atoms with E-state index in [1.54, 1.807) is 12.1 Å². The molecule has 1 aromatic rings. The van der Waals surface area contributed by atoms with Gasteiger partial charge in [-0.3, -0.25) is 0 Å². The molecule has 0 spiro atoms. The summed E-state index contributed by atoms with van der Waals surface area (Å²) in [6.07, 6.45) is 0.604. The molecular formula is C9H12FN. The van der Waals surface area contributed by atoms with Crippen LogP contribution in [0.5, 0.6) is 0 Å². The van der Waals surface area contributed by atoms with Crippen LogP contribution in [0.4, 0.5) is 4.39 Å². The van der Waals surface area contributed by atoms with E-state index >= 15 is 0 Å². The van der Waals surface area contributed by atoms with Gasteiger partial charge < -0.3 is 5.73 Å². The molecule has 0 unspecified atom stereocenters. The standard InChI is InChI=1S/C9H12FN/c1-7(11)6-8-4-2-3-5-9(8)10/h2-5,7H,6,11H2,1H3/t7-/m0/s1. The molecule has 0 radical (unpaired) electrons. The third-order valence-electron chi connectivity index (χ3n) is 1.50. The Bertz CT molecular complexity index is 233. The van der Waals surface area contributed by atoms with Crippen LogP contribution in [0.15, 0.2) is 24.3 Å². The molecule has 1 nitrogen and oxygen atoms in total. The molecule has 2 N–H and O–H groups in total. The lowest BCUT2D eigenvalue weighted by atomic mass is 10.1. The highest BCUT2D eigenvalue weighted by molar-refractivity contribution is 5.17. The van der Waals surface area contributed by atoms with E-state index in [4.69, 9.17) is 5.73 Å². The maximum Gasteiger partial charge on any atom is 0.126 e. The minimum Gasteiger partial charge on any atom is -0.328 e. The number of halogens is 1. The monoisotopic (exact) mass is 153 g/mol. The number of hydrogen-bond acceptors (Lipinski definition) is 1. The third-order valence-corrected chi connectivity index (χ3v) is 1.50. The predicted molar refractivity (Wildman–Crippen MR) is 43.8 cm³/mol. The highest BCUT2D eigenvalue weighted by Crippen LogP contribution is 2.07. The van der Waals surface area contributed by atoms with Crippen LogP contribution in [0, 0.1) is 5.82 Å². The summed E-state index contributed by atoms with van der Waals surface area (Å²) in [6, 6.07) is 6.74. The normalized spacial score (nSPS) is 13.0. The van der Waals surface area contributed by atoms with Gasteiger partial charge in [0, 0.05) is 6.04 Å². The van der Waals surface area contributed by atoms with Crippen LogP contribution in [0.1, 0.15) is 12.5 Å². The molecule has 2 heteroatoms. The van der Waals surface area contributed by atoms with Gasteiger partial charge in [0.05, 0.1) is 0 Å². The van der Waals surface area contributed by atoms with E-state index < -0.39 is 0 Å². The number of benzene rings is 1. The van der Waals surface area contributed by atoms with E-state index in [2.05, 4.69) is 0 Å². The lowest BCUT2D eigenvalue weighted by Gasteiger charge is -2.04. The first-order valence-electron chi connectivity index (χ1n) is 3.69. The second-order valence-electron chi connectivity index (χ2n) is 2.77. The van der Waals surface area contributed by atoms with Gasteiger partial charge in [0.25, 0.3) is 0 Å². The summed E-state index contributed by atoms with van der Waals surface area (Å²) in [5, 5.41) is 0. The molecule has 1 aromatic carbocycles. The minimum atomic E-state index is -0.162. The first kappa shape index (κ1) is 8.21. The van der Waals surface area contributed by atoms with Crippen LogP contribution in [0.3, 0.4) is 0 Å². The Morgan fingerprint density at radius 2 is 2.09 bits per heavy atom. The van der Waals surface area contributed by atoms with Crippen molar-refractivity contribution in [2.24, 2.45) is 5.73 Å². The first-order chi connectivity index (χ1) is 5.20. The molecule has 1 rings (SSSR count). The number of rotatable bonds is 2. The van der Waals surface area contributed by atoms with Crippen molar-refractivity contribution in [2.45, 2.75) is 19.4 Å². The van der Waals surface area contributed by atoms with Gasteiger partial charge >= 0.3 is 0 Å². The molecule has 1 atom stereocenters. The number of nitrogens with two attached hydrogens (primary N) is 1. The van der Waals surface area contributed by atoms with Gasteiger partial charge in [-0.2, -0.15) is 0 Å². The molecule has 0 aliphatic rings. The second kappa shape index (κ2) is 3.49. The van der Waals surface area contributed by atoms with Crippen LogP contribution in [0.25, 0.3) is 0 Å². The van der Waals surface area contributed by atoms with Gasteiger partial charge in [0.2, 0.25) is 0 Å². The summed E-state index contributed by atoms with van der Waals surface area (Å²) in [6.45, 7) is 1.87. The van der Waals surface area contributed by atoms with Crippen LogP contribution < -0.4 is 5.73 Å². The van der Waals surface area contributed by atoms with Gasteiger partial charge in [0.15, 0.2) is 0 Å². The van der Waals surface area contributed by atoms with E-state index in [0.29, 0.717) is 12.0 Å². The zero-order valence-electron chi connectivity index (χ0n) is 6.55. The second-order valence-corrected chi connectivity index (χ2v) is 2.77. The molecule has 0 fully saturated rings. The topological polar surface area (TPSA) is 26.0 Å². The van der Waals surface area contributed by atoms with Crippen molar-refractivity contribution in [1.29, 1.82) is 0 Å². The SMILES string of the molecule is C[C@H](N)Cc1ccccc1F. The molecule has 0 aromatic heterocycles. The minimum absolute atomic E-state index is 0.0203. The van der Waals surface area contributed by atoms with Crippen molar-refractivity contribution in [1.82, 2.24) is 0 Å². The number of hydrogen-bond donors (Lipinski definition) is 1. The fourth-order valence-electron chi connectivity index (χ4n) is 1.01. The third kappa shape index (κ3) is 2.31. The van der Waals surface area contributed by atoms with Gasteiger partial charge in [-0.25, -0.2) is 4.39 Å². The lowest BCUT2D eigenvalue weighted by molar-refractivity contribution is 0.596. The van der Waals surface area contributed by atoms with E-state index in [-0.39, 0.29) is 11.9 Å². The van der Waals surface area contributed by atoms with Crippen molar-refractivity contribution in [3.63, 3.8) is 0 Å². The Labute approximate surface area is 66.0 Å². The smallest absolute Gasteiger partial charge is 0.126 e. The van der Waals surface area contributed by atoms with Gasteiger partial charge in [0.1, 0.15) is 5.82 Å². The molecule has 0 saturated carbocycles. The maximum absolute atomic E-state index is 12.9. The summed E-state index contributed by atoms with van der Waals surface area (Å²) in [7, 11) is 0.